The lowest BCUT2D eigenvalue weighted by atomic mass is 10.1. The van der Waals surface area contributed by atoms with Crippen molar-refractivity contribution in [3.05, 3.63) is 32.3 Å². The Morgan fingerprint density at radius 2 is 2.35 bits per heavy atom. The van der Waals surface area contributed by atoms with Gasteiger partial charge >= 0.3 is 0 Å². The molecule has 17 heavy (non-hydrogen) atoms. The molecule has 2 aromatic rings. The summed E-state index contributed by atoms with van der Waals surface area (Å²) >= 11 is 5.15. The zero-order valence-electron chi connectivity index (χ0n) is 9.35. The molecule has 0 radical (unpaired) electrons. The lowest BCUT2D eigenvalue weighted by molar-refractivity contribution is 0.707. The second-order valence-electron chi connectivity index (χ2n) is 4.05. The number of anilines is 1. The van der Waals surface area contributed by atoms with Crippen LogP contribution >= 0.6 is 27.3 Å². The molecule has 0 atom stereocenters. The van der Waals surface area contributed by atoms with Crippen LogP contribution in [0.1, 0.15) is 16.1 Å². The molecular weight excluding hydrogens is 300 g/mol. The van der Waals surface area contributed by atoms with Crippen LogP contribution in [-0.4, -0.2) is 21.7 Å². The number of hydrogen-bond acceptors (Lipinski definition) is 5. The first kappa shape index (κ1) is 11.1. The number of aryl methyl sites for hydroxylation is 1. The third kappa shape index (κ3) is 2.07. The summed E-state index contributed by atoms with van der Waals surface area (Å²) in [7, 11) is 0. The SMILES string of the molecule is Cc1ccnnc1N1CCc2nc(Br)sc2C1. The quantitative estimate of drug-likeness (QED) is 0.812. The van der Waals surface area contributed by atoms with E-state index in [1.54, 1.807) is 17.5 Å². The Bertz CT molecular complexity index is 554. The summed E-state index contributed by atoms with van der Waals surface area (Å²) in [6.07, 6.45) is 2.71. The van der Waals surface area contributed by atoms with Crippen LogP contribution in [0.4, 0.5) is 5.82 Å². The van der Waals surface area contributed by atoms with Crippen molar-refractivity contribution in [2.24, 2.45) is 0 Å². The Labute approximate surface area is 112 Å². The average molecular weight is 311 g/mol. The summed E-state index contributed by atoms with van der Waals surface area (Å²) in [6.45, 7) is 3.92. The molecule has 3 heterocycles. The molecule has 0 bridgehead atoms. The van der Waals surface area contributed by atoms with E-state index < -0.39 is 0 Å². The molecule has 0 unspecified atom stereocenters. The van der Waals surface area contributed by atoms with E-state index in [4.69, 9.17) is 0 Å². The Hall–Kier alpha value is -1.01. The van der Waals surface area contributed by atoms with Crippen molar-refractivity contribution >= 4 is 33.1 Å². The Balaban J connectivity index is 1.91. The van der Waals surface area contributed by atoms with Gasteiger partial charge in [-0.3, -0.25) is 0 Å². The monoisotopic (exact) mass is 310 g/mol. The molecule has 2 aromatic heterocycles. The topological polar surface area (TPSA) is 41.9 Å². The minimum Gasteiger partial charge on any atom is -0.349 e. The van der Waals surface area contributed by atoms with E-state index in [9.17, 15) is 0 Å². The number of thiazole rings is 1. The minimum atomic E-state index is 0.887. The van der Waals surface area contributed by atoms with Crippen molar-refractivity contribution in [3.8, 4) is 0 Å². The molecule has 0 N–H and O–H groups in total. The number of rotatable bonds is 1. The molecule has 1 aliphatic heterocycles. The van der Waals surface area contributed by atoms with Crippen molar-refractivity contribution in [2.75, 3.05) is 11.4 Å². The maximum absolute atomic E-state index is 4.47. The summed E-state index contributed by atoms with van der Waals surface area (Å²) in [5.41, 5.74) is 2.40. The zero-order valence-corrected chi connectivity index (χ0v) is 11.8. The van der Waals surface area contributed by atoms with E-state index in [2.05, 4.69) is 42.9 Å². The molecule has 0 aliphatic carbocycles. The molecule has 0 fully saturated rings. The van der Waals surface area contributed by atoms with Crippen LogP contribution < -0.4 is 4.90 Å². The number of halogens is 1. The first-order chi connectivity index (χ1) is 8.24. The van der Waals surface area contributed by atoms with Crippen LogP contribution in [0.5, 0.6) is 0 Å². The van der Waals surface area contributed by atoms with Gasteiger partial charge in [-0.05, 0) is 34.5 Å². The summed E-state index contributed by atoms with van der Waals surface area (Å²) in [5, 5.41) is 8.20. The first-order valence-electron chi connectivity index (χ1n) is 5.41. The lowest BCUT2D eigenvalue weighted by Crippen LogP contribution is -2.31. The van der Waals surface area contributed by atoms with Crippen molar-refractivity contribution in [2.45, 2.75) is 19.9 Å². The van der Waals surface area contributed by atoms with Gasteiger partial charge in [0.15, 0.2) is 9.73 Å². The summed E-state index contributed by atoms with van der Waals surface area (Å²) in [5.74, 6) is 0.989. The molecule has 1 aliphatic rings. The number of hydrogen-bond donors (Lipinski definition) is 0. The van der Waals surface area contributed by atoms with E-state index in [0.717, 1.165) is 29.2 Å². The fourth-order valence-electron chi connectivity index (χ4n) is 2.04. The second kappa shape index (κ2) is 4.34. The van der Waals surface area contributed by atoms with Crippen LogP contribution in [0, 0.1) is 6.92 Å². The number of aromatic nitrogens is 3. The maximum Gasteiger partial charge on any atom is 0.159 e. The van der Waals surface area contributed by atoms with E-state index in [1.807, 2.05) is 6.07 Å². The predicted molar refractivity (Wildman–Crippen MR) is 71.3 cm³/mol. The third-order valence-electron chi connectivity index (χ3n) is 2.90. The molecule has 88 valence electrons. The molecule has 0 aromatic carbocycles. The lowest BCUT2D eigenvalue weighted by Gasteiger charge is -2.27. The van der Waals surface area contributed by atoms with Gasteiger partial charge in [-0.25, -0.2) is 4.98 Å². The average Bonchev–Trinajstić information content (AvgIpc) is 2.68. The minimum absolute atomic E-state index is 0.887. The summed E-state index contributed by atoms with van der Waals surface area (Å²) in [6, 6.07) is 2.00. The molecule has 0 amide bonds. The maximum atomic E-state index is 4.47. The molecule has 3 rings (SSSR count). The van der Waals surface area contributed by atoms with Gasteiger partial charge in [0, 0.05) is 17.8 Å². The van der Waals surface area contributed by atoms with Gasteiger partial charge in [0.25, 0.3) is 0 Å². The normalized spacial score (nSPS) is 14.8. The van der Waals surface area contributed by atoms with Crippen molar-refractivity contribution in [1.29, 1.82) is 0 Å². The van der Waals surface area contributed by atoms with Crippen LogP contribution in [0.3, 0.4) is 0 Å². The third-order valence-corrected chi connectivity index (χ3v) is 4.43. The van der Waals surface area contributed by atoms with Crippen LogP contribution in [-0.2, 0) is 13.0 Å². The second-order valence-corrected chi connectivity index (χ2v) is 6.41. The van der Waals surface area contributed by atoms with Gasteiger partial charge in [0.1, 0.15) is 0 Å². The predicted octanol–water partition coefficient (Wildman–Crippen LogP) is 2.57. The van der Waals surface area contributed by atoms with Crippen LogP contribution in [0.2, 0.25) is 0 Å². The van der Waals surface area contributed by atoms with E-state index >= 15 is 0 Å². The number of nitrogens with zero attached hydrogens (tertiary/aromatic N) is 4. The van der Waals surface area contributed by atoms with Gasteiger partial charge in [0.05, 0.1) is 18.4 Å². The standard InChI is InChI=1S/C11H11BrN4S/c1-7-2-4-13-15-10(7)16-5-3-8-9(6-16)17-11(12)14-8/h2,4H,3,5-6H2,1H3. The smallest absolute Gasteiger partial charge is 0.159 e. The summed E-state index contributed by atoms with van der Waals surface area (Å²) in [4.78, 5) is 8.07. The zero-order chi connectivity index (χ0) is 11.8. The van der Waals surface area contributed by atoms with E-state index in [-0.39, 0.29) is 0 Å². The van der Waals surface area contributed by atoms with Gasteiger partial charge in [-0.2, -0.15) is 5.10 Å². The first-order valence-corrected chi connectivity index (χ1v) is 7.02. The molecule has 0 saturated carbocycles. The molecule has 0 spiro atoms. The van der Waals surface area contributed by atoms with Gasteiger partial charge in [-0.1, -0.05) is 0 Å². The highest BCUT2D eigenvalue weighted by Crippen LogP contribution is 2.30. The number of fused-ring (bicyclic) bond motifs is 1. The van der Waals surface area contributed by atoms with Crippen LogP contribution in [0.25, 0.3) is 0 Å². The summed E-state index contributed by atoms with van der Waals surface area (Å²) < 4.78 is 0.972. The molecule has 4 nitrogen and oxygen atoms in total. The Kier molecular flexibility index (Phi) is 2.84. The highest BCUT2D eigenvalue weighted by Gasteiger charge is 2.22. The van der Waals surface area contributed by atoms with Crippen molar-refractivity contribution in [1.82, 2.24) is 15.2 Å². The van der Waals surface area contributed by atoms with Gasteiger partial charge in [0.2, 0.25) is 0 Å². The van der Waals surface area contributed by atoms with Crippen molar-refractivity contribution in [3.63, 3.8) is 0 Å². The fourth-order valence-corrected chi connectivity index (χ4v) is 3.69. The van der Waals surface area contributed by atoms with Gasteiger partial charge in [-0.15, -0.1) is 16.4 Å². The highest BCUT2D eigenvalue weighted by molar-refractivity contribution is 9.11. The molecular formula is C11H11BrN4S. The largest absolute Gasteiger partial charge is 0.349 e. The fraction of sp³-hybridized carbons (Fsp3) is 0.364. The van der Waals surface area contributed by atoms with E-state index in [1.165, 1.54) is 16.1 Å². The molecule has 0 saturated heterocycles. The van der Waals surface area contributed by atoms with Crippen molar-refractivity contribution < 1.29 is 0 Å². The molecule has 6 heteroatoms. The highest BCUT2D eigenvalue weighted by atomic mass is 79.9. The Morgan fingerprint density at radius 3 is 3.18 bits per heavy atom. The van der Waals surface area contributed by atoms with Gasteiger partial charge < -0.3 is 4.90 Å². The van der Waals surface area contributed by atoms with Crippen LogP contribution in [0.15, 0.2) is 16.2 Å². The Morgan fingerprint density at radius 1 is 1.47 bits per heavy atom. The van der Waals surface area contributed by atoms with E-state index in [0.29, 0.717) is 0 Å².